The Morgan fingerprint density at radius 2 is 2.14 bits per heavy atom. The number of hydrogen-bond acceptors (Lipinski definition) is 5. The van der Waals surface area contributed by atoms with Crippen LogP contribution in [0, 0.1) is 11.7 Å². The van der Waals surface area contributed by atoms with Crippen molar-refractivity contribution in [3.63, 3.8) is 0 Å². The number of piperidine rings is 1. The van der Waals surface area contributed by atoms with Gasteiger partial charge in [-0.05, 0) is 24.5 Å². The maximum atomic E-state index is 13.1. The lowest BCUT2D eigenvalue weighted by Crippen LogP contribution is -2.42. The van der Waals surface area contributed by atoms with Gasteiger partial charge in [-0.2, -0.15) is 4.31 Å². The van der Waals surface area contributed by atoms with Crippen molar-refractivity contribution in [1.29, 1.82) is 0 Å². The van der Waals surface area contributed by atoms with E-state index in [4.69, 9.17) is 11.6 Å². The second-order valence-corrected chi connectivity index (χ2v) is 9.07. The summed E-state index contributed by atoms with van der Waals surface area (Å²) in [6.45, 7) is 2.69. The topological polar surface area (TPSA) is 108 Å². The summed E-state index contributed by atoms with van der Waals surface area (Å²) in [7, 11) is -3.60. The number of aromatic amines is 2. The van der Waals surface area contributed by atoms with Crippen molar-refractivity contribution in [2.75, 3.05) is 13.1 Å². The largest absolute Gasteiger partial charge is 0.339 e. The Kier molecular flexibility index (Phi) is 4.94. The molecule has 2 atom stereocenters. The number of nitrogens with zero attached hydrogens (tertiary/aromatic N) is 4. The number of aromatic nitrogens is 5. The number of rotatable bonds is 4. The molecule has 3 aromatic rings. The van der Waals surface area contributed by atoms with Crippen LogP contribution in [0.3, 0.4) is 0 Å². The molecule has 0 aliphatic carbocycles. The molecule has 0 saturated carbocycles. The third kappa shape index (κ3) is 3.43. The first-order chi connectivity index (χ1) is 13.4. The zero-order valence-corrected chi connectivity index (χ0v) is 16.5. The molecule has 1 fully saturated rings. The molecule has 0 unspecified atom stereocenters. The summed E-state index contributed by atoms with van der Waals surface area (Å²) in [5, 5.41) is 0.408. The molecule has 4 heterocycles. The summed E-state index contributed by atoms with van der Waals surface area (Å²) in [5.41, 5.74) is 1.23. The number of halogens is 2. The van der Waals surface area contributed by atoms with Crippen LogP contribution in [0.1, 0.15) is 25.0 Å². The first kappa shape index (κ1) is 19.0. The zero-order chi connectivity index (χ0) is 19.9. The lowest BCUT2D eigenvalue weighted by molar-refractivity contribution is 0.246. The van der Waals surface area contributed by atoms with E-state index in [-0.39, 0.29) is 16.9 Å². The number of hydrogen-bond donors (Lipinski definition) is 2. The predicted octanol–water partition coefficient (Wildman–Crippen LogP) is 2.80. The quantitative estimate of drug-likeness (QED) is 0.669. The highest BCUT2D eigenvalue weighted by Gasteiger charge is 2.36. The molecule has 0 radical (unpaired) electrons. The van der Waals surface area contributed by atoms with Crippen molar-refractivity contribution >= 4 is 21.6 Å². The second kappa shape index (κ2) is 7.26. The van der Waals surface area contributed by atoms with Crippen molar-refractivity contribution in [2.24, 2.45) is 5.92 Å². The molecule has 0 amide bonds. The fraction of sp³-hybridized carbons (Fsp3) is 0.353. The van der Waals surface area contributed by atoms with Crippen molar-refractivity contribution in [2.45, 2.75) is 24.3 Å². The molecular weight excluding hydrogens is 407 g/mol. The lowest BCUT2D eigenvalue weighted by atomic mass is 9.86. The van der Waals surface area contributed by atoms with Crippen LogP contribution >= 0.6 is 11.6 Å². The molecule has 1 saturated heterocycles. The molecule has 1 aliphatic heterocycles. The van der Waals surface area contributed by atoms with E-state index in [0.717, 1.165) is 11.9 Å². The van der Waals surface area contributed by atoms with E-state index in [1.54, 1.807) is 0 Å². The minimum absolute atomic E-state index is 0.0124. The van der Waals surface area contributed by atoms with Crippen LogP contribution < -0.4 is 0 Å². The average Bonchev–Trinajstić information content (AvgIpc) is 3.33. The van der Waals surface area contributed by atoms with Gasteiger partial charge in [-0.25, -0.2) is 27.8 Å². The Morgan fingerprint density at radius 1 is 1.32 bits per heavy atom. The standard InChI is InChI=1S/C17H18ClFN6O2S/c1-10-8-25(28(26,27)14-7-20-9-22-14)5-4-12(10)15-16(18)24-17(23-15)13-3-2-11(19)6-21-13/h2-3,6-7,9-10,12H,4-5,8H2,1H3,(H,20,22)(H,23,24)/t10-,12+/m0/s1. The van der Waals surface area contributed by atoms with Gasteiger partial charge in [0.05, 0.1) is 24.4 Å². The van der Waals surface area contributed by atoms with Crippen LogP contribution in [0.2, 0.25) is 5.15 Å². The highest BCUT2D eigenvalue weighted by Crippen LogP contribution is 2.37. The Labute approximate surface area is 166 Å². The smallest absolute Gasteiger partial charge is 0.260 e. The molecule has 148 valence electrons. The predicted molar refractivity (Wildman–Crippen MR) is 101 cm³/mol. The summed E-state index contributed by atoms with van der Waals surface area (Å²) < 4.78 is 39.9. The van der Waals surface area contributed by atoms with Gasteiger partial charge in [-0.1, -0.05) is 18.5 Å². The minimum atomic E-state index is -3.60. The number of imidazole rings is 2. The molecule has 3 aromatic heterocycles. The summed E-state index contributed by atoms with van der Waals surface area (Å²) in [5.74, 6) is 0.0571. The second-order valence-electron chi connectivity index (χ2n) is 6.80. The first-order valence-corrected chi connectivity index (χ1v) is 10.5. The van der Waals surface area contributed by atoms with Crippen LogP contribution in [0.4, 0.5) is 4.39 Å². The van der Waals surface area contributed by atoms with Gasteiger partial charge >= 0.3 is 0 Å². The Balaban J connectivity index is 1.55. The van der Waals surface area contributed by atoms with Crippen LogP contribution in [-0.2, 0) is 10.0 Å². The zero-order valence-electron chi connectivity index (χ0n) is 14.9. The molecule has 8 nitrogen and oxygen atoms in total. The Hall–Kier alpha value is -2.30. The fourth-order valence-corrected chi connectivity index (χ4v) is 5.25. The number of pyridine rings is 1. The van der Waals surface area contributed by atoms with Gasteiger partial charge in [0.25, 0.3) is 10.0 Å². The molecule has 0 bridgehead atoms. The normalized spacial score (nSPS) is 21.1. The van der Waals surface area contributed by atoms with Gasteiger partial charge in [-0.3, -0.25) is 0 Å². The van der Waals surface area contributed by atoms with Crippen LogP contribution in [-0.4, -0.2) is 50.7 Å². The molecular formula is C17H18ClFN6O2S. The molecule has 28 heavy (non-hydrogen) atoms. The third-order valence-electron chi connectivity index (χ3n) is 4.99. The molecule has 4 rings (SSSR count). The minimum Gasteiger partial charge on any atom is -0.339 e. The Morgan fingerprint density at radius 3 is 2.79 bits per heavy atom. The van der Waals surface area contributed by atoms with Gasteiger partial charge in [0.1, 0.15) is 11.5 Å². The average molecular weight is 425 g/mol. The molecule has 0 aromatic carbocycles. The maximum absolute atomic E-state index is 13.1. The molecule has 0 spiro atoms. The van der Waals surface area contributed by atoms with E-state index in [0.29, 0.717) is 36.2 Å². The van der Waals surface area contributed by atoms with Gasteiger partial charge < -0.3 is 9.97 Å². The van der Waals surface area contributed by atoms with Crippen molar-refractivity contribution in [3.8, 4) is 11.5 Å². The number of H-pyrrole nitrogens is 2. The van der Waals surface area contributed by atoms with E-state index in [1.807, 2.05) is 6.92 Å². The molecule has 1 aliphatic rings. The van der Waals surface area contributed by atoms with Gasteiger partial charge in [0.2, 0.25) is 0 Å². The van der Waals surface area contributed by atoms with E-state index >= 15 is 0 Å². The van der Waals surface area contributed by atoms with Crippen molar-refractivity contribution in [3.05, 3.63) is 47.5 Å². The highest BCUT2D eigenvalue weighted by molar-refractivity contribution is 7.89. The maximum Gasteiger partial charge on any atom is 0.260 e. The van der Waals surface area contributed by atoms with Gasteiger partial charge in [0, 0.05) is 19.0 Å². The van der Waals surface area contributed by atoms with E-state index in [9.17, 15) is 12.8 Å². The summed E-state index contributed by atoms with van der Waals surface area (Å²) >= 11 is 6.34. The van der Waals surface area contributed by atoms with E-state index < -0.39 is 15.8 Å². The molecule has 11 heteroatoms. The van der Waals surface area contributed by atoms with Gasteiger partial charge in [-0.15, -0.1) is 0 Å². The first-order valence-electron chi connectivity index (χ1n) is 8.72. The third-order valence-corrected chi connectivity index (χ3v) is 7.06. The monoisotopic (exact) mass is 424 g/mol. The van der Waals surface area contributed by atoms with Crippen LogP contribution in [0.15, 0.2) is 35.9 Å². The number of nitrogens with one attached hydrogen (secondary N) is 2. The van der Waals surface area contributed by atoms with Crippen LogP contribution in [0.5, 0.6) is 0 Å². The van der Waals surface area contributed by atoms with Crippen molar-refractivity contribution in [1.82, 2.24) is 29.2 Å². The summed E-state index contributed by atoms with van der Waals surface area (Å²) in [4.78, 5) is 18.0. The van der Waals surface area contributed by atoms with Crippen LogP contribution in [0.25, 0.3) is 11.5 Å². The van der Waals surface area contributed by atoms with Crippen molar-refractivity contribution < 1.29 is 12.8 Å². The SMILES string of the molecule is C[C@H]1CN(S(=O)(=O)c2cnc[nH]2)CC[C@H]1c1[nH]c(-c2ccc(F)cn2)nc1Cl. The Bertz CT molecular complexity index is 1070. The lowest BCUT2D eigenvalue weighted by Gasteiger charge is -2.35. The number of sulfonamides is 1. The molecule has 2 N–H and O–H groups in total. The highest BCUT2D eigenvalue weighted by atomic mass is 35.5. The summed E-state index contributed by atoms with van der Waals surface area (Å²) in [6.07, 6.45) is 4.36. The fourth-order valence-electron chi connectivity index (χ4n) is 3.53. The van der Waals surface area contributed by atoms with Gasteiger partial charge in [0.15, 0.2) is 16.0 Å². The summed E-state index contributed by atoms with van der Waals surface area (Å²) in [6, 6.07) is 2.83. The van der Waals surface area contributed by atoms with E-state index in [1.165, 1.54) is 29.0 Å². The van der Waals surface area contributed by atoms with E-state index in [2.05, 4.69) is 24.9 Å².